The zero-order valence-electron chi connectivity index (χ0n) is 15.2. The summed E-state index contributed by atoms with van der Waals surface area (Å²) in [5, 5.41) is 20.8. The number of para-hydroxylation sites is 2. The number of aromatic nitrogens is 2. The third kappa shape index (κ3) is 3.10. The van der Waals surface area contributed by atoms with Crippen molar-refractivity contribution in [2.75, 3.05) is 0 Å². The summed E-state index contributed by atoms with van der Waals surface area (Å²) in [6.45, 7) is 3.44. The van der Waals surface area contributed by atoms with Gasteiger partial charge in [0.2, 0.25) is 5.91 Å². The SMILES string of the molecule is CC(=O)N1N=C(c2ccccc2O)CC1c1cn(-c2ccccc2)nc1C. The summed E-state index contributed by atoms with van der Waals surface area (Å²) in [4.78, 5) is 12.2. The quantitative estimate of drug-likeness (QED) is 0.776. The van der Waals surface area contributed by atoms with Crippen LogP contribution in [0.4, 0.5) is 0 Å². The maximum Gasteiger partial charge on any atom is 0.240 e. The van der Waals surface area contributed by atoms with Crippen molar-refractivity contribution in [3.8, 4) is 11.4 Å². The highest BCUT2D eigenvalue weighted by Gasteiger charge is 2.34. The van der Waals surface area contributed by atoms with Crippen LogP contribution in [0.15, 0.2) is 65.9 Å². The molecule has 0 bridgehead atoms. The summed E-state index contributed by atoms with van der Waals surface area (Å²) in [5.74, 6) is 0.0226. The minimum Gasteiger partial charge on any atom is -0.507 e. The summed E-state index contributed by atoms with van der Waals surface area (Å²) >= 11 is 0. The molecule has 1 unspecified atom stereocenters. The molecule has 0 fully saturated rings. The summed E-state index contributed by atoms with van der Waals surface area (Å²) < 4.78 is 1.82. The molecule has 136 valence electrons. The lowest BCUT2D eigenvalue weighted by atomic mass is 9.98. The highest BCUT2D eigenvalue weighted by Crippen LogP contribution is 2.36. The molecule has 0 saturated carbocycles. The largest absolute Gasteiger partial charge is 0.507 e. The fraction of sp³-hybridized carbons (Fsp3) is 0.190. The van der Waals surface area contributed by atoms with Gasteiger partial charge < -0.3 is 5.11 Å². The Labute approximate surface area is 157 Å². The normalized spacial score (nSPS) is 16.4. The van der Waals surface area contributed by atoms with Gasteiger partial charge in [0.15, 0.2) is 0 Å². The van der Waals surface area contributed by atoms with E-state index in [4.69, 9.17) is 0 Å². The average molecular weight is 360 g/mol. The van der Waals surface area contributed by atoms with Crippen LogP contribution < -0.4 is 0 Å². The zero-order valence-corrected chi connectivity index (χ0v) is 15.2. The fourth-order valence-corrected chi connectivity index (χ4v) is 3.44. The Kier molecular flexibility index (Phi) is 4.24. The van der Waals surface area contributed by atoms with E-state index in [0.29, 0.717) is 17.7 Å². The number of hydrogen-bond donors (Lipinski definition) is 1. The molecule has 2 heterocycles. The van der Waals surface area contributed by atoms with Crippen LogP contribution in [0.25, 0.3) is 5.69 Å². The van der Waals surface area contributed by atoms with Gasteiger partial charge in [-0.1, -0.05) is 30.3 Å². The predicted molar refractivity (Wildman–Crippen MR) is 103 cm³/mol. The number of rotatable bonds is 3. The van der Waals surface area contributed by atoms with Gasteiger partial charge in [0.25, 0.3) is 0 Å². The molecular weight excluding hydrogens is 340 g/mol. The van der Waals surface area contributed by atoms with Gasteiger partial charge >= 0.3 is 0 Å². The first kappa shape index (κ1) is 17.0. The van der Waals surface area contributed by atoms with Crippen LogP contribution in [-0.4, -0.2) is 31.5 Å². The lowest BCUT2D eigenvalue weighted by Gasteiger charge is -2.19. The minimum absolute atomic E-state index is 0.141. The van der Waals surface area contributed by atoms with Gasteiger partial charge in [-0.25, -0.2) is 9.69 Å². The number of phenolic OH excluding ortho intramolecular Hbond substituents is 1. The van der Waals surface area contributed by atoms with E-state index in [-0.39, 0.29) is 17.7 Å². The first-order chi connectivity index (χ1) is 13.0. The van der Waals surface area contributed by atoms with Crippen LogP contribution in [0.3, 0.4) is 0 Å². The molecule has 3 aromatic rings. The Morgan fingerprint density at radius 1 is 1.11 bits per heavy atom. The van der Waals surface area contributed by atoms with Gasteiger partial charge in [-0.15, -0.1) is 0 Å². The van der Waals surface area contributed by atoms with Crippen LogP contribution >= 0.6 is 0 Å². The fourth-order valence-electron chi connectivity index (χ4n) is 3.44. The molecule has 0 spiro atoms. The summed E-state index contributed by atoms with van der Waals surface area (Å²) in [5.41, 5.74) is 4.10. The molecule has 1 aromatic heterocycles. The number of carbonyl (C=O) groups excluding carboxylic acids is 1. The Balaban J connectivity index is 1.71. The van der Waals surface area contributed by atoms with E-state index in [0.717, 1.165) is 16.9 Å². The second kappa shape index (κ2) is 6.72. The summed E-state index contributed by atoms with van der Waals surface area (Å²) in [6, 6.07) is 16.7. The van der Waals surface area contributed by atoms with Crippen molar-refractivity contribution in [2.24, 2.45) is 5.10 Å². The van der Waals surface area contributed by atoms with Crippen molar-refractivity contribution in [2.45, 2.75) is 26.3 Å². The van der Waals surface area contributed by atoms with Gasteiger partial charge in [0, 0.05) is 30.7 Å². The molecule has 27 heavy (non-hydrogen) atoms. The molecule has 1 atom stereocenters. The van der Waals surface area contributed by atoms with E-state index in [9.17, 15) is 9.90 Å². The summed E-state index contributed by atoms with van der Waals surface area (Å²) in [7, 11) is 0. The summed E-state index contributed by atoms with van der Waals surface area (Å²) in [6.07, 6.45) is 2.48. The first-order valence-electron chi connectivity index (χ1n) is 8.82. The molecule has 0 radical (unpaired) electrons. The maximum absolute atomic E-state index is 12.2. The van der Waals surface area contributed by atoms with Gasteiger partial charge in [-0.3, -0.25) is 4.79 Å². The standard InChI is InChI=1S/C21H20N4O2/c1-14-18(13-24(22-14)16-8-4-3-5-9-16)20-12-19(23-25(20)15(2)26)17-10-6-7-11-21(17)27/h3-11,13,20,27H,12H2,1-2H3. The Morgan fingerprint density at radius 3 is 2.52 bits per heavy atom. The minimum atomic E-state index is -0.241. The number of aryl methyl sites for hydroxylation is 1. The van der Waals surface area contributed by atoms with E-state index < -0.39 is 0 Å². The second-order valence-electron chi connectivity index (χ2n) is 6.60. The van der Waals surface area contributed by atoms with Crippen LogP contribution in [-0.2, 0) is 4.79 Å². The van der Waals surface area contributed by atoms with Crippen LogP contribution in [0.1, 0.15) is 36.2 Å². The Bertz CT molecular complexity index is 1020. The lowest BCUT2D eigenvalue weighted by molar-refractivity contribution is -0.130. The van der Waals surface area contributed by atoms with Crippen molar-refractivity contribution in [3.05, 3.63) is 77.6 Å². The molecule has 0 saturated heterocycles. The van der Waals surface area contributed by atoms with Crippen LogP contribution in [0, 0.1) is 6.92 Å². The number of phenols is 1. The number of amides is 1. The highest BCUT2D eigenvalue weighted by atomic mass is 16.3. The van der Waals surface area contributed by atoms with Gasteiger partial charge in [-0.05, 0) is 31.2 Å². The topological polar surface area (TPSA) is 70.7 Å². The monoisotopic (exact) mass is 360 g/mol. The van der Waals surface area contributed by atoms with Crippen molar-refractivity contribution < 1.29 is 9.90 Å². The lowest BCUT2D eigenvalue weighted by Crippen LogP contribution is -2.24. The van der Waals surface area contributed by atoms with Gasteiger partial charge in [0.1, 0.15) is 5.75 Å². The first-order valence-corrected chi connectivity index (χ1v) is 8.82. The number of hydrazone groups is 1. The second-order valence-corrected chi connectivity index (χ2v) is 6.60. The van der Waals surface area contributed by atoms with E-state index in [1.54, 1.807) is 12.1 Å². The third-order valence-corrected chi connectivity index (χ3v) is 4.76. The van der Waals surface area contributed by atoms with E-state index >= 15 is 0 Å². The maximum atomic E-state index is 12.2. The third-order valence-electron chi connectivity index (χ3n) is 4.76. The van der Waals surface area contributed by atoms with Crippen molar-refractivity contribution >= 4 is 11.6 Å². The number of aromatic hydroxyl groups is 1. The molecule has 6 heteroatoms. The van der Waals surface area contributed by atoms with Gasteiger partial charge in [-0.2, -0.15) is 10.2 Å². The smallest absolute Gasteiger partial charge is 0.240 e. The van der Waals surface area contributed by atoms with Gasteiger partial charge in [0.05, 0.1) is 23.1 Å². The average Bonchev–Trinajstić information content (AvgIpc) is 3.26. The van der Waals surface area contributed by atoms with Crippen LogP contribution in [0.5, 0.6) is 5.75 Å². The Hall–Kier alpha value is -3.41. The molecule has 6 nitrogen and oxygen atoms in total. The molecule has 2 aromatic carbocycles. The van der Waals surface area contributed by atoms with E-state index in [1.165, 1.54) is 11.9 Å². The Morgan fingerprint density at radius 2 is 1.81 bits per heavy atom. The highest BCUT2D eigenvalue weighted by molar-refractivity contribution is 6.05. The zero-order chi connectivity index (χ0) is 19.0. The number of hydrogen-bond acceptors (Lipinski definition) is 4. The number of benzene rings is 2. The van der Waals surface area contributed by atoms with Crippen molar-refractivity contribution in [3.63, 3.8) is 0 Å². The molecule has 4 rings (SSSR count). The van der Waals surface area contributed by atoms with Crippen molar-refractivity contribution in [1.82, 2.24) is 14.8 Å². The number of nitrogens with zero attached hydrogens (tertiary/aromatic N) is 4. The van der Waals surface area contributed by atoms with Crippen LogP contribution in [0.2, 0.25) is 0 Å². The molecule has 0 aliphatic carbocycles. The van der Waals surface area contributed by atoms with E-state index in [1.807, 2.05) is 60.3 Å². The molecule has 1 N–H and O–H groups in total. The molecular formula is C21H20N4O2. The molecule has 1 aliphatic rings. The van der Waals surface area contributed by atoms with Crippen molar-refractivity contribution in [1.29, 1.82) is 0 Å². The molecule has 1 aliphatic heterocycles. The molecule has 1 amide bonds. The van der Waals surface area contributed by atoms with E-state index in [2.05, 4.69) is 10.2 Å². The predicted octanol–water partition coefficient (Wildman–Crippen LogP) is 3.58. The number of carbonyl (C=O) groups is 1.